The van der Waals surface area contributed by atoms with Crippen LogP contribution in [0, 0.1) is 5.82 Å². The van der Waals surface area contributed by atoms with Crippen LogP contribution in [-0.4, -0.2) is 51.6 Å². The van der Waals surface area contributed by atoms with E-state index < -0.39 is 42.2 Å². The van der Waals surface area contributed by atoms with Gasteiger partial charge in [0, 0.05) is 40.0 Å². The molecule has 6 rings (SSSR count). The molecule has 0 spiro atoms. The van der Waals surface area contributed by atoms with Crippen molar-refractivity contribution in [3.05, 3.63) is 80.1 Å². The second-order valence-electron chi connectivity index (χ2n) is 10.5. The molecule has 2 amide bonds. The van der Waals surface area contributed by atoms with Crippen LogP contribution >= 0.6 is 11.6 Å². The highest BCUT2D eigenvalue weighted by atomic mass is 35.5. The molecular formula is C28H22ClF3N4O4. The molecule has 0 bridgehead atoms. The van der Waals surface area contributed by atoms with Crippen molar-refractivity contribution >= 4 is 35.5 Å². The van der Waals surface area contributed by atoms with E-state index in [-0.39, 0.29) is 50.6 Å². The summed E-state index contributed by atoms with van der Waals surface area (Å²) in [6.45, 7) is -1.58. The highest BCUT2D eigenvalue weighted by Gasteiger charge is 2.47. The fourth-order valence-electron chi connectivity index (χ4n) is 4.87. The first-order valence-electron chi connectivity index (χ1n) is 12.7. The lowest BCUT2D eigenvalue weighted by molar-refractivity contribution is -0.113. The zero-order valence-corrected chi connectivity index (χ0v) is 21.7. The number of carbonyl (C=O) groups is 3. The monoisotopic (exact) mass is 570 g/mol. The summed E-state index contributed by atoms with van der Waals surface area (Å²) in [6.07, 6.45) is 5.13. The van der Waals surface area contributed by atoms with Gasteiger partial charge < -0.3 is 14.8 Å². The number of amides is 2. The molecule has 8 nitrogen and oxygen atoms in total. The smallest absolute Gasteiger partial charge is 0.282 e. The third-order valence-electron chi connectivity index (χ3n) is 7.17. The first-order chi connectivity index (χ1) is 19.0. The van der Waals surface area contributed by atoms with E-state index in [0.29, 0.717) is 12.0 Å². The Balaban J connectivity index is 1.39. The Labute approximate surface area is 230 Å². The first kappa shape index (κ1) is 26.2. The Hall–Kier alpha value is -3.99. The van der Waals surface area contributed by atoms with E-state index in [0.717, 1.165) is 36.6 Å². The second-order valence-corrected chi connectivity index (χ2v) is 10.9. The number of aldehydes is 1. The SMILES string of the molecule is O=Cc1cc(C(=O)Nc2cc(-c3c(F)cc(Cl)cc3C(=O)N3CC(F)(F)C3)cc(C3CC3)n2)c(=O)n(C2CC2)c1. The lowest BCUT2D eigenvalue weighted by Gasteiger charge is -2.39. The standard InChI is InChI=1S/C28H22ClF3N4O4/c29-17-8-19(26(39)35-12-28(31,32)13-35)24(21(30)9-17)16-6-22(15-1-2-15)33-23(7-16)34-25(38)20-5-14(11-37)10-36(27(20)40)18-3-4-18/h5-11,15,18H,1-4,12-13H2,(H,33,34,38). The molecule has 2 aromatic heterocycles. The van der Waals surface area contributed by atoms with Crippen LogP contribution in [0.2, 0.25) is 5.02 Å². The number of halogens is 4. The average Bonchev–Trinajstić information content (AvgIpc) is 3.80. The third-order valence-corrected chi connectivity index (χ3v) is 7.39. The highest BCUT2D eigenvalue weighted by molar-refractivity contribution is 6.31. The maximum Gasteiger partial charge on any atom is 0.282 e. The van der Waals surface area contributed by atoms with E-state index in [1.165, 1.54) is 29.0 Å². The summed E-state index contributed by atoms with van der Waals surface area (Å²) in [5.41, 5.74) is -0.265. The van der Waals surface area contributed by atoms with Crippen LogP contribution < -0.4 is 10.9 Å². The van der Waals surface area contributed by atoms with Gasteiger partial charge in [0.15, 0.2) is 6.29 Å². The Morgan fingerprint density at radius 3 is 2.40 bits per heavy atom. The number of aromatic nitrogens is 2. The second kappa shape index (κ2) is 9.58. The Kier molecular flexibility index (Phi) is 6.29. The molecule has 1 aliphatic heterocycles. The Morgan fingerprint density at radius 2 is 1.77 bits per heavy atom. The number of hydrogen-bond acceptors (Lipinski definition) is 5. The normalized spacial score (nSPS) is 17.8. The van der Waals surface area contributed by atoms with Crippen molar-refractivity contribution in [2.75, 3.05) is 18.4 Å². The largest absolute Gasteiger partial charge is 0.326 e. The van der Waals surface area contributed by atoms with Gasteiger partial charge in [-0.05, 0) is 61.6 Å². The quantitative estimate of drug-likeness (QED) is 0.400. The predicted molar refractivity (Wildman–Crippen MR) is 140 cm³/mol. The number of nitrogens with one attached hydrogen (secondary N) is 1. The fourth-order valence-corrected chi connectivity index (χ4v) is 5.07. The molecule has 3 fully saturated rings. The summed E-state index contributed by atoms with van der Waals surface area (Å²) in [5.74, 6) is -5.42. The molecule has 3 aromatic rings. The topological polar surface area (TPSA) is 101 Å². The molecule has 0 radical (unpaired) electrons. The molecule has 12 heteroatoms. The van der Waals surface area contributed by atoms with E-state index in [1.807, 2.05) is 0 Å². The maximum absolute atomic E-state index is 15.4. The summed E-state index contributed by atoms with van der Waals surface area (Å²) >= 11 is 6.03. The summed E-state index contributed by atoms with van der Waals surface area (Å²) in [5, 5.41) is 2.50. The van der Waals surface area contributed by atoms with E-state index in [2.05, 4.69) is 10.3 Å². The van der Waals surface area contributed by atoms with Gasteiger partial charge >= 0.3 is 0 Å². The van der Waals surface area contributed by atoms with Crippen LogP contribution in [-0.2, 0) is 0 Å². The molecule has 2 saturated carbocycles. The van der Waals surface area contributed by atoms with Crippen LogP contribution in [0.25, 0.3) is 11.1 Å². The van der Waals surface area contributed by atoms with Gasteiger partial charge in [0.25, 0.3) is 23.3 Å². The van der Waals surface area contributed by atoms with Gasteiger partial charge in [-0.2, -0.15) is 0 Å². The number of nitrogens with zero attached hydrogens (tertiary/aromatic N) is 3. The van der Waals surface area contributed by atoms with Gasteiger partial charge in [-0.15, -0.1) is 0 Å². The predicted octanol–water partition coefficient (Wildman–Crippen LogP) is 5.07. The van der Waals surface area contributed by atoms with E-state index in [1.54, 1.807) is 6.07 Å². The molecule has 1 N–H and O–H groups in total. The van der Waals surface area contributed by atoms with Crippen LogP contribution in [0.4, 0.5) is 19.0 Å². The van der Waals surface area contributed by atoms with E-state index >= 15 is 4.39 Å². The average molecular weight is 571 g/mol. The Bertz CT molecular complexity index is 1640. The van der Waals surface area contributed by atoms with Crippen LogP contribution in [0.1, 0.15) is 74.4 Å². The molecule has 40 heavy (non-hydrogen) atoms. The zero-order chi connectivity index (χ0) is 28.3. The van der Waals surface area contributed by atoms with E-state index in [4.69, 9.17) is 11.6 Å². The molecule has 1 aromatic carbocycles. The number of benzene rings is 1. The lowest BCUT2D eigenvalue weighted by atomic mass is 9.96. The highest BCUT2D eigenvalue weighted by Crippen LogP contribution is 2.42. The number of pyridine rings is 2. The number of rotatable bonds is 7. The fraction of sp³-hybridized carbons (Fsp3) is 0.321. The number of carbonyl (C=O) groups excluding carboxylic acids is 3. The summed E-state index contributed by atoms with van der Waals surface area (Å²) in [7, 11) is 0. The van der Waals surface area contributed by atoms with Crippen LogP contribution in [0.3, 0.4) is 0 Å². The third kappa shape index (κ3) is 5.01. The van der Waals surface area contributed by atoms with E-state index in [9.17, 15) is 28.0 Å². The van der Waals surface area contributed by atoms with Gasteiger partial charge in [0.05, 0.1) is 18.7 Å². The van der Waals surface area contributed by atoms with Gasteiger partial charge in [-0.25, -0.2) is 18.2 Å². The summed E-state index contributed by atoms with van der Waals surface area (Å²) in [4.78, 5) is 56.1. The summed E-state index contributed by atoms with van der Waals surface area (Å²) < 4.78 is 43.7. The van der Waals surface area contributed by atoms with Crippen molar-refractivity contribution in [2.45, 2.75) is 43.6 Å². The molecule has 206 valence electrons. The molecule has 2 aliphatic carbocycles. The maximum atomic E-state index is 15.4. The Morgan fingerprint density at radius 1 is 1.05 bits per heavy atom. The van der Waals surface area contributed by atoms with Gasteiger partial charge in [0.1, 0.15) is 17.2 Å². The van der Waals surface area contributed by atoms with Crippen molar-refractivity contribution in [3.63, 3.8) is 0 Å². The lowest BCUT2D eigenvalue weighted by Crippen LogP contribution is -2.58. The minimum absolute atomic E-state index is 0.00140. The first-order valence-corrected chi connectivity index (χ1v) is 13.1. The van der Waals surface area contributed by atoms with Gasteiger partial charge in [-0.1, -0.05) is 11.6 Å². The molecule has 1 saturated heterocycles. The molecule has 3 heterocycles. The molecule has 0 unspecified atom stereocenters. The van der Waals surface area contributed by atoms with Crippen molar-refractivity contribution in [3.8, 4) is 11.1 Å². The minimum atomic E-state index is -3.01. The number of anilines is 1. The number of hydrogen-bond donors (Lipinski definition) is 1. The molecular weight excluding hydrogens is 549 g/mol. The molecule has 3 aliphatic rings. The van der Waals surface area contributed by atoms with Crippen molar-refractivity contribution < 1.29 is 27.6 Å². The van der Waals surface area contributed by atoms with Crippen LogP contribution in [0.15, 0.2) is 41.3 Å². The van der Waals surface area contributed by atoms with Crippen molar-refractivity contribution in [1.82, 2.24) is 14.5 Å². The van der Waals surface area contributed by atoms with Gasteiger partial charge in [-0.3, -0.25) is 19.2 Å². The number of likely N-dealkylation sites (tertiary alicyclic amines) is 1. The van der Waals surface area contributed by atoms with Crippen molar-refractivity contribution in [1.29, 1.82) is 0 Å². The molecule has 0 atom stereocenters. The summed E-state index contributed by atoms with van der Waals surface area (Å²) in [6, 6.07) is 6.30. The zero-order valence-electron chi connectivity index (χ0n) is 20.9. The van der Waals surface area contributed by atoms with Gasteiger partial charge in [0.2, 0.25) is 0 Å². The van der Waals surface area contributed by atoms with Crippen LogP contribution in [0.5, 0.6) is 0 Å². The minimum Gasteiger partial charge on any atom is -0.326 e. The van der Waals surface area contributed by atoms with Crippen molar-refractivity contribution in [2.24, 2.45) is 0 Å². The number of alkyl halides is 2.